The highest BCUT2D eigenvalue weighted by atomic mass is 16.2. The van der Waals surface area contributed by atoms with Gasteiger partial charge in [0.15, 0.2) is 0 Å². The van der Waals surface area contributed by atoms with Crippen molar-refractivity contribution in [1.29, 1.82) is 0 Å². The molecule has 0 bridgehead atoms. The van der Waals surface area contributed by atoms with Crippen LogP contribution in [0.25, 0.3) is 0 Å². The Bertz CT molecular complexity index is 238. The van der Waals surface area contributed by atoms with Crippen molar-refractivity contribution in [3.8, 4) is 0 Å². The van der Waals surface area contributed by atoms with Crippen molar-refractivity contribution in [2.75, 3.05) is 13.6 Å². The summed E-state index contributed by atoms with van der Waals surface area (Å²) in [5.41, 5.74) is 5.95. The maximum Gasteiger partial charge on any atom is 0.226 e. The predicted molar refractivity (Wildman–Crippen MR) is 60.3 cm³/mol. The molecule has 2 rings (SSSR count). The van der Waals surface area contributed by atoms with E-state index in [1.54, 1.807) is 0 Å². The van der Waals surface area contributed by atoms with Gasteiger partial charge in [-0.05, 0) is 31.6 Å². The molecule has 0 spiro atoms. The summed E-state index contributed by atoms with van der Waals surface area (Å²) in [6.07, 6.45) is 7.08. The molecular formula is C12H22N2O. The molecule has 3 heteroatoms. The van der Waals surface area contributed by atoms with Gasteiger partial charge in [-0.15, -0.1) is 0 Å². The lowest BCUT2D eigenvalue weighted by Crippen LogP contribution is -2.42. The predicted octanol–water partition coefficient (Wildman–Crippen LogP) is 1.37. The number of hydrogen-bond acceptors (Lipinski definition) is 2. The van der Waals surface area contributed by atoms with Crippen LogP contribution in [0.2, 0.25) is 0 Å². The molecule has 3 nitrogen and oxygen atoms in total. The van der Waals surface area contributed by atoms with E-state index in [0.29, 0.717) is 0 Å². The molecule has 0 saturated heterocycles. The minimum absolute atomic E-state index is 0.107. The fourth-order valence-corrected chi connectivity index (χ4v) is 2.73. The largest absolute Gasteiger partial charge is 0.345 e. The van der Waals surface area contributed by atoms with E-state index in [9.17, 15) is 4.79 Å². The highest BCUT2D eigenvalue weighted by Gasteiger charge is 2.33. The van der Waals surface area contributed by atoms with Gasteiger partial charge in [-0.3, -0.25) is 4.79 Å². The molecule has 0 radical (unpaired) electrons. The van der Waals surface area contributed by atoms with E-state index >= 15 is 0 Å². The molecule has 0 heterocycles. The van der Waals surface area contributed by atoms with E-state index in [2.05, 4.69) is 0 Å². The number of rotatable bonds is 3. The molecule has 0 aliphatic heterocycles. The number of amides is 1. The second-order valence-corrected chi connectivity index (χ2v) is 5.22. The van der Waals surface area contributed by atoms with E-state index in [1.165, 1.54) is 19.3 Å². The Morgan fingerprint density at radius 1 is 1.27 bits per heavy atom. The summed E-state index contributed by atoms with van der Waals surface area (Å²) < 4.78 is 0. The van der Waals surface area contributed by atoms with Gasteiger partial charge in [0.05, 0.1) is 5.92 Å². The zero-order valence-electron chi connectivity index (χ0n) is 9.61. The van der Waals surface area contributed by atoms with Gasteiger partial charge in [0.2, 0.25) is 5.91 Å². The molecule has 2 unspecified atom stereocenters. The second kappa shape index (κ2) is 4.52. The topological polar surface area (TPSA) is 46.3 Å². The van der Waals surface area contributed by atoms with Crippen molar-refractivity contribution in [1.82, 2.24) is 4.90 Å². The van der Waals surface area contributed by atoms with Crippen LogP contribution in [0.1, 0.15) is 38.5 Å². The van der Waals surface area contributed by atoms with Crippen molar-refractivity contribution in [3.63, 3.8) is 0 Å². The fourth-order valence-electron chi connectivity index (χ4n) is 2.73. The maximum absolute atomic E-state index is 12.1. The van der Waals surface area contributed by atoms with Crippen molar-refractivity contribution in [2.45, 2.75) is 44.6 Å². The first-order valence-electron chi connectivity index (χ1n) is 6.19. The van der Waals surface area contributed by atoms with Crippen LogP contribution in [-0.4, -0.2) is 30.4 Å². The highest BCUT2D eigenvalue weighted by Crippen LogP contribution is 2.29. The van der Waals surface area contributed by atoms with Crippen LogP contribution >= 0.6 is 0 Å². The van der Waals surface area contributed by atoms with Gasteiger partial charge in [0.1, 0.15) is 0 Å². The van der Waals surface area contributed by atoms with Crippen molar-refractivity contribution in [3.05, 3.63) is 0 Å². The molecule has 1 amide bonds. The van der Waals surface area contributed by atoms with E-state index < -0.39 is 0 Å². The standard InChI is InChI=1S/C12H22N2O/c1-14(8-9-4-2-5-9)12(15)10-6-3-7-11(10)13/h9-11H,2-8,13H2,1H3. The van der Waals surface area contributed by atoms with Gasteiger partial charge in [-0.25, -0.2) is 0 Å². The molecule has 86 valence electrons. The van der Waals surface area contributed by atoms with Crippen LogP contribution in [0.5, 0.6) is 0 Å². The summed E-state index contributed by atoms with van der Waals surface area (Å²) in [6.45, 7) is 0.946. The van der Waals surface area contributed by atoms with Crippen LogP contribution in [-0.2, 0) is 4.79 Å². The van der Waals surface area contributed by atoms with Gasteiger partial charge in [0, 0.05) is 19.6 Å². The quantitative estimate of drug-likeness (QED) is 0.764. The van der Waals surface area contributed by atoms with Crippen molar-refractivity contribution >= 4 is 5.91 Å². The molecule has 2 atom stereocenters. The molecule has 15 heavy (non-hydrogen) atoms. The highest BCUT2D eigenvalue weighted by molar-refractivity contribution is 5.79. The average molecular weight is 210 g/mol. The number of nitrogens with zero attached hydrogens (tertiary/aromatic N) is 1. The minimum Gasteiger partial charge on any atom is -0.345 e. The summed E-state index contributed by atoms with van der Waals surface area (Å²) in [5, 5.41) is 0. The van der Waals surface area contributed by atoms with Crippen molar-refractivity contribution in [2.24, 2.45) is 17.6 Å². The van der Waals surface area contributed by atoms with Gasteiger partial charge < -0.3 is 10.6 Å². The molecule has 2 saturated carbocycles. The molecule has 0 aromatic rings. The van der Waals surface area contributed by atoms with Gasteiger partial charge in [-0.1, -0.05) is 12.8 Å². The van der Waals surface area contributed by atoms with Crippen LogP contribution < -0.4 is 5.73 Å². The third-order valence-electron chi connectivity index (χ3n) is 4.02. The Labute approximate surface area is 92.0 Å². The van der Waals surface area contributed by atoms with Crippen LogP contribution in [0, 0.1) is 11.8 Å². The monoisotopic (exact) mass is 210 g/mol. The zero-order valence-corrected chi connectivity index (χ0v) is 9.61. The van der Waals surface area contributed by atoms with Gasteiger partial charge >= 0.3 is 0 Å². The summed E-state index contributed by atoms with van der Waals surface area (Å²) in [4.78, 5) is 14.0. The number of nitrogens with two attached hydrogens (primary N) is 1. The Hall–Kier alpha value is -0.570. The number of hydrogen-bond donors (Lipinski definition) is 1. The molecular weight excluding hydrogens is 188 g/mol. The Morgan fingerprint density at radius 3 is 2.40 bits per heavy atom. The SMILES string of the molecule is CN(CC1CCC1)C(=O)C1CCCC1N. The zero-order chi connectivity index (χ0) is 10.8. The lowest BCUT2D eigenvalue weighted by molar-refractivity contribution is -0.135. The summed E-state index contributed by atoms with van der Waals surface area (Å²) in [7, 11) is 1.94. The average Bonchev–Trinajstić information content (AvgIpc) is 2.56. The van der Waals surface area contributed by atoms with Crippen LogP contribution in [0.4, 0.5) is 0 Å². The summed E-state index contributed by atoms with van der Waals surface area (Å²) in [6, 6.07) is 0.112. The first kappa shape index (κ1) is 10.9. The first-order chi connectivity index (χ1) is 7.18. The van der Waals surface area contributed by atoms with E-state index in [1.807, 2.05) is 11.9 Å². The Kier molecular flexibility index (Phi) is 3.29. The molecule has 2 aliphatic carbocycles. The first-order valence-corrected chi connectivity index (χ1v) is 6.19. The smallest absolute Gasteiger partial charge is 0.226 e. The third kappa shape index (κ3) is 2.33. The number of carbonyl (C=O) groups is 1. The molecule has 0 aromatic heterocycles. The third-order valence-corrected chi connectivity index (χ3v) is 4.02. The minimum atomic E-state index is 0.107. The summed E-state index contributed by atoms with van der Waals surface area (Å²) in [5.74, 6) is 1.15. The van der Waals surface area contributed by atoms with Crippen LogP contribution in [0.15, 0.2) is 0 Å². The fraction of sp³-hybridized carbons (Fsp3) is 0.917. The lowest BCUT2D eigenvalue weighted by atomic mass is 9.85. The molecule has 2 fully saturated rings. The van der Waals surface area contributed by atoms with Crippen molar-refractivity contribution < 1.29 is 4.79 Å². The van der Waals surface area contributed by atoms with Gasteiger partial charge in [-0.2, -0.15) is 0 Å². The second-order valence-electron chi connectivity index (χ2n) is 5.22. The molecule has 2 aliphatic rings. The lowest BCUT2D eigenvalue weighted by Gasteiger charge is -2.32. The summed E-state index contributed by atoms with van der Waals surface area (Å²) >= 11 is 0. The number of carbonyl (C=O) groups excluding carboxylic acids is 1. The van der Waals surface area contributed by atoms with Gasteiger partial charge in [0.25, 0.3) is 0 Å². The van der Waals surface area contributed by atoms with Crippen LogP contribution in [0.3, 0.4) is 0 Å². The molecule has 2 N–H and O–H groups in total. The molecule has 0 aromatic carbocycles. The van der Waals surface area contributed by atoms with E-state index in [-0.39, 0.29) is 17.9 Å². The Balaban J connectivity index is 1.82. The maximum atomic E-state index is 12.1. The normalized spacial score (nSPS) is 31.3. The van der Waals surface area contributed by atoms with E-state index in [0.717, 1.165) is 31.7 Å². The van der Waals surface area contributed by atoms with E-state index in [4.69, 9.17) is 5.73 Å². The Morgan fingerprint density at radius 2 is 1.93 bits per heavy atom.